The van der Waals surface area contributed by atoms with Crippen LogP contribution in [0.4, 0.5) is 0 Å². The van der Waals surface area contributed by atoms with Gasteiger partial charge in [-0.3, -0.25) is 13.9 Å². The fourth-order valence-electron chi connectivity index (χ4n) is 1.80. The second-order valence-corrected chi connectivity index (χ2v) is 4.53. The number of rotatable bonds is 2. The van der Waals surface area contributed by atoms with Crippen molar-refractivity contribution >= 4 is 26.8 Å². The van der Waals surface area contributed by atoms with Crippen molar-refractivity contribution < 1.29 is 0 Å². The standard InChI is InChI=1S/C12H11BrN2O2/c1-3-7-15-11(16)10-8(13)5-4-6-9(10)14(2)12(15)17/h3-6H,1,7H2,2H3. The predicted octanol–water partition coefficient (Wildman–Crippen LogP) is 1.65. The van der Waals surface area contributed by atoms with E-state index in [9.17, 15) is 9.59 Å². The Morgan fingerprint density at radius 3 is 2.76 bits per heavy atom. The van der Waals surface area contributed by atoms with E-state index in [1.807, 2.05) is 0 Å². The quantitative estimate of drug-likeness (QED) is 0.791. The fourth-order valence-corrected chi connectivity index (χ4v) is 2.33. The summed E-state index contributed by atoms with van der Waals surface area (Å²) in [6, 6.07) is 5.33. The molecule has 0 radical (unpaired) electrons. The molecule has 0 amide bonds. The van der Waals surface area contributed by atoms with Crippen molar-refractivity contribution in [3.8, 4) is 0 Å². The van der Waals surface area contributed by atoms with Crippen LogP contribution in [0, 0.1) is 0 Å². The van der Waals surface area contributed by atoms with Gasteiger partial charge in [0.05, 0.1) is 10.9 Å². The van der Waals surface area contributed by atoms with Crippen molar-refractivity contribution in [1.82, 2.24) is 9.13 Å². The SMILES string of the molecule is C=CCn1c(=O)c2c(Br)cccc2n(C)c1=O. The molecule has 1 aromatic heterocycles. The van der Waals surface area contributed by atoms with Crippen LogP contribution < -0.4 is 11.2 Å². The molecule has 0 saturated carbocycles. The third kappa shape index (κ3) is 1.76. The van der Waals surface area contributed by atoms with Crippen molar-refractivity contribution in [2.75, 3.05) is 0 Å². The summed E-state index contributed by atoms with van der Waals surface area (Å²) in [4.78, 5) is 24.2. The molecule has 0 saturated heterocycles. The maximum absolute atomic E-state index is 12.2. The molecule has 4 nitrogen and oxygen atoms in total. The number of halogens is 1. The minimum atomic E-state index is -0.333. The van der Waals surface area contributed by atoms with E-state index in [0.717, 1.165) is 0 Å². The van der Waals surface area contributed by atoms with Crippen LogP contribution in [0.25, 0.3) is 10.9 Å². The highest BCUT2D eigenvalue weighted by Gasteiger charge is 2.11. The molecule has 0 spiro atoms. The zero-order valence-electron chi connectivity index (χ0n) is 9.31. The summed E-state index contributed by atoms with van der Waals surface area (Å²) >= 11 is 3.34. The van der Waals surface area contributed by atoms with Crippen molar-refractivity contribution in [3.63, 3.8) is 0 Å². The van der Waals surface area contributed by atoms with Gasteiger partial charge in [0, 0.05) is 18.1 Å². The Morgan fingerprint density at radius 2 is 2.12 bits per heavy atom. The second kappa shape index (κ2) is 4.33. The first kappa shape index (κ1) is 11.9. The van der Waals surface area contributed by atoms with Gasteiger partial charge in [-0.15, -0.1) is 6.58 Å². The summed E-state index contributed by atoms with van der Waals surface area (Å²) in [6.45, 7) is 3.76. The Balaban J connectivity index is 3.07. The van der Waals surface area contributed by atoms with E-state index in [0.29, 0.717) is 15.4 Å². The van der Waals surface area contributed by atoms with Gasteiger partial charge in [-0.2, -0.15) is 0 Å². The number of benzene rings is 1. The van der Waals surface area contributed by atoms with Gasteiger partial charge in [0.25, 0.3) is 5.56 Å². The molecule has 0 atom stereocenters. The molecule has 0 bridgehead atoms. The van der Waals surface area contributed by atoms with E-state index >= 15 is 0 Å². The Bertz CT molecular complexity index is 713. The molecule has 1 heterocycles. The summed E-state index contributed by atoms with van der Waals surface area (Å²) in [6.07, 6.45) is 1.53. The van der Waals surface area contributed by atoms with Crippen LogP contribution in [0.3, 0.4) is 0 Å². The largest absolute Gasteiger partial charge is 0.331 e. The van der Waals surface area contributed by atoms with E-state index in [1.165, 1.54) is 15.2 Å². The third-order valence-corrected chi connectivity index (χ3v) is 3.30. The maximum Gasteiger partial charge on any atom is 0.331 e. The van der Waals surface area contributed by atoms with Crippen LogP contribution in [-0.4, -0.2) is 9.13 Å². The number of nitrogens with zero attached hydrogens (tertiary/aromatic N) is 2. The molecule has 0 N–H and O–H groups in total. The summed E-state index contributed by atoms with van der Waals surface area (Å²) < 4.78 is 3.32. The van der Waals surface area contributed by atoms with Crippen LogP contribution in [0.5, 0.6) is 0 Å². The van der Waals surface area contributed by atoms with Crippen LogP contribution in [-0.2, 0) is 13.6 Å². The molecule has 0 unspecified atom stereocenters. The van der Waals surface area contributed by atoms with Crippen LogP contribution in [0.15, 0.2) is 44.9 Å². The highest BCUT2D eigenvalue weighted by atomic mass is 79.9. The molecule has 0 aliphatic rings. The minimum absolute atomic E-state index is 0.211. The van der Waals surface area contributed by atoms with E-state index < -0.39 is 0 Å². The second-order valence-electron chi connectivity index (χ2n) is 3.68. The maximum atomic E-state index is 12.2. The van der Waals surface area contributed by atoms with Crippen LogP contribution in [0.2, 0.25) is 0 Å². The van der Waals surface area contributed by atoms with Crippen LogP contribution >= 0.6 is 15.9 Å². The van der Waals surface area contributed by atoms with Gasteiger partial charge in [-0.05, 0) is 28.1 Å². The molecule has 0 aliphatic heterocycles. The molecule has 1 aromatic carbocycles. The monoisotopic (exact) mass is 294 g/mol. The van der Waals surface area contributed by atoms with Gasteiger partial charge >= 0.3 is 5.69 Å². The lowest BCUT2D eigenvalue weighted by Crippen LogP contribution is -2.38. The highest BCUT2D eigenvalue weighted by Crippen LogP contribution is 2.18. The number of allylic oxidation sites excluding steroid dienone is 1. The summed E-state index contributed by atoms with van der Waals surface area (Å²) in [5.41, 5.74) is -0.00865. The van der Waals surface area contributed by atoms with E-state index in [4.69, 9.17) is 0 Å². The molecular formula is C12H11BrN2O2. The Hall–Kier alpha value is -1.62. The molecule has 17 heavy (non-hydrogen) atoms. The number of aromatic nitrogens is 2. The minimum Gasteiger partial charge on any atom is -0.296 e. The van der Waals surface area contributed by atoms with Crippen molar-refractivity contribution in [2.24, 2.45) is 7.05 Å². The zero-order valence-corrected chi connectivity index (χ0v) is 10.9. The Morgan fingerprint density at radius 1 is 1.41 bits per heavy atom. The molecule has 2 aromatic rings. The summed E-state index contributed by atoms with van der Waals surface area (Å²) in [7, 11) is 1.65. The fraction of sp³-hybridized carbons (Fsp3) is 0.167. The first-order valence-corrected chi connectivity index (χ1v) is 5.86. The van der Waals surface area contributed by atoms with Crippen LogP contribution in [0.1, 0.15) is 0 Å². The number of aryl methyl sites for hydroxylation is 1. The van der Waals surface area contributed by atoms with Gasteiger partial charge in [-0.25, -0.2) is 4.79 Å². The third-order valence-electron chi connectivity index (χ3n) is 2.64. The lowest BCUT2D eigenvalue weighted by molar-refractivity contribution is 0.671. The number of hydrogen-bond donors (Lipinski definition) is 0. The summed E-state index contributed by atoms with van der Waals surface area (Å²) in [5.74, 6) is 0. The molecule has 5 heteroatoms. The van der Waals surface area contributed by atoms with Crippen molar-refractivity contribution in [1.29, 1.82) is 0 Å². The van der Waals surface area contributed by atoms with Gasteiger partial charge in [-0.1, -0.05) is 12.1 Å². The molecule has 88 valence electrons. The lowest BCUT2D eigenvalue weighted by atomic mass is 10.2. The van der Waals surface area contributed by atoms with Crippen molar-refractivity contribution in [3.05, 3.63) is 56.2 Å². The smallest absolute Gasteiger partial charge is 0.296 e. The number of fused-ring (bicyclic) bond motifs is 1. The normalized spacial score (nSPS) is 10.7. The van der Waals surface area contributed by atoms with Gasteiger partial charge < -0.3 is 0 Å². The first-order chi connectivity index (χ1) is 8.07. The molecule has 0 fully saturated rings. The average molecular weight is 295 g/mol. The number of hydrogen-bond acceptors (Lipinski definition) is 2. The predicted molar refractivity (Wildman–Crippen MR) is 71.3 cm³/mol. The van der Waals surface area contributed by atoms with Crippen molar-refractivity contribution in [2.45, 2.75) is 6.54 Å². The van der Waals surface area contributed by atoms with E-state index in [-0.39, 0.29) is 17.8 Å². The molecular weight excluding hydrogens is 284 g/mol. The van der Waals surface area contributed by atoms with E-state index in [1.54, 1.807) is 25.2 Å². The Labute approximate surface area is 106 Å². The zero-order chi connectivity index (χ0) is 12.6. The lowest BCUT2D eigenvalue weighted by Gasteiger charge is -2.09. The molecule has 2 rings (SSSR count). The highest BCUT2D eigenvalue weighted by molar-refractivity contribution is 9.10. The first-order valence-electron chi connectivity index (χ1n) is 5.07. The van der Waals surface area contributed by atoms with Gasteiger partial charge in [0.1, 0.15) is 0 Å². The topological polar surface area (TPSA) is 44.0 Å². The van der Waals surface area contributed by atoms with Gasteiger partial charge in [0.15, 0.2) is 0 Å². The Kier molecular flexibility index (Phi) is 3.02. The van der Waals surface area contributed by atoms with Gasteiger partial charge in [0.2, 0.25) is 0 Å². The average Bonchev–Trinajstić information content (AvgIpc) is 2.31. The van der Waals surface area contributed by atoms with E-state index in [2.05, 4.69) is 22.5 Å². The molecule has 0 aliphatic carbocycles. The summed E-state index contributed by atoms with van der Waals surface area (Å²) in [5, 5.41) is 0.511.